The normalized spacial score (nSPS) is 19.3. The van der Waals surface area contributed by atoms with E-state index in [1.807, 2.05) is 6.07 Å². The van der Waals surface area contributed by atoms with Gasteiger partial charge in [-0.1, -0.05) is 24.6 Å². The van der Waals surface area contributed by atoms with Crippen molar-refractivity contribution in [3.05, 3.63) is 35.6 Å². The number of hydrogen-bond donors (Lipinski definition) is 2. The van der Waals surface area contributed by atoms with Gasteiger partial charge in [-0.05, 0) is 51.8 Å². The number of rotatable bonds is 7. The molecule has 2 N–H and O–H groups in total. The Morgan fingerprint density at radius 3 is 2.83 bits per heavy atom. The highest BCUT2D eigenvalue weighted by atomic mass is 19.1. The lowest BCUT2D eigenvalue weighted by Crippen LogP contribution is -2.39. The van der Waals surface area contributed by atoms with Crippen LogP contribution in [0.4, 0.5) is 4.39 Å². The smallest absolute Gasteiger partial charge is 0.191 e. The second-order valence-corrected chi connectivity index (χ2v) is 6.53. The fraction of sp³-hybridized carbons (Fsp3) is 0.632. The molecule has 134 valence electrons. The summed E-state index contributed by atoms with van der Waals surface area (Å²) in [6, 6.07) is 7.55. The second-order valence-electron chi connectivity index (χ2n) is 6.53. The van der Waals surface area contributed by atoms with Gasteiger partial charge in [-0.3, -0.25) is 4.99 Å². The zero-order valence-electron chi connectivity index (χ0n) is 15.0. The van der Waals surface area contributed by atoms with Gasteiger partial charge in [0.15, 0.2) is 5.96 Å². The van der Waals surface area contributed by atoms with Crippen LogP contribution in [0.15, 0.2) is 29.3 Å². The maximum absolute atomic E-state index is 13.6. The summed E-state index contributed by atoms with van der Waals surface area (Å²) in [6.45, 7) is 6.10. The summed E-state index contributed by atoms with van der Waals surface area (Å²) in [5.41, 5.74) is 0.652. The highest BCUT2D eigenvalue weighted by Gasteiger charge is 2.16. The first-order valence-electron chi connectivity index (χ1n) is 9.12. The maximum Gasteiger partial charge on any atom is 0.191 e. The van der Waals surface area contributed by atoms with Crippen molar-refractivity contribution in [3.63, 3.8) is 0 Å². The Balaban J connectivity index is 1.61. The average molecular weight is 334 g/mol. The molecule has 24 heavy (non-hydrogen) atoms. The molecular formula is C19H31FN4. The Hall–Kier alpha value is -1.62. The minimum atomic E-state index is -0.184. The first-order chi connectivity index (χ1) is 11.7. The van der Waals surface area contributed by atoms with E-state index in [0.29, 0.717) is 12.1 Å². The van der Waals surface area contributed by atoms with Crippen LogP contribution in [0.1, 0.15) is 44.6 Å². The Labute approximate surface area is 145 Å². The minimum Gasteiger partial charge on any atom is -0.356 e. The molecule has 1 aliphatic rings. The van der Waals surface area contributed by atoms with E-state index in [1.54, 1.807) is 19.2 Å². The summed E-state index contributed by atoms with van der Waals surface area (Å²) in [6.07, 6.45) is 6.37. The lowest BCUT2D eigenvalue weighted by Gasteiger charge is -2.33. The van der Waals surface area contributed by atoms with Crippen molar-refractivity contribution in [2.24, 2.45) is 4.99 Å². The van der Waals surface area contributed by atoms with Gasteiger partial charge in [0.1, 0.15) is 5.82 Å². The molecule has 1 aromatic rings. The van der Waals surface area contributed by atoms with Crippen molar-refractivity contribution in [1.29, 1.82) is 0 Å². The van der Waals surface area contributed by atoms with Gasteiger partial charge in [0.05, 0.1) is 0 Å². The monoisotopic (exact) mass is 334 g/mol. The predicted molar refractivity (Wildman–Crippen MR) is 98.7 cm³/mol. The van der Waals surface area contributed by atoms with E-state index in [9.17, 15) is 4.39 Å². The van der Waals surface area contributed by atoms with Gasteiger partial charge in [-0.15, -0.1) is 0 Å². The molecule has 1 aliphatic heterocycles. The van der Waals surface area contributed by atoms with Gasteiger partial charge < -0.3 is 15.5 Å². The van der Waals surface area contributed by atoms with Gasteiger partial charge in [0.25, 0.3) is 0 Å². The Kier molecular flexibility index (Phi) is 8.02. The molecule has 0 bridgehead atoms. The number of benzene rings is 1. The van der Waals surface area contributed by atoms with Crippen LogP contribution in [-0.4, -0.2) is 43.6 Å². The standard InChI is InChI=1S/C19H31FN4/c1-16-9-5-7-13-24(16)14-8-6-12-22-19(21-2)23-15-17-10-3-4-11-18(17)20/h3-4,10-11,16H,5-9,12-15H2,1-2H3,(H2,21,22,23). The number of unbranched alkanes of at least 4 members (excludes halogenated alkanes) is 1. The summed E-state index contributed by atoms with van der Waals surface area (Å²) in [5.74, 6) is 0.542. The second kappa shape index (κ2) is 10.3. The lowest BCUT2D eigenvalue weighted by molar-refractivity contribution is 0.158. The van der Waals surface area contributed by atoms with Crippen molar-refractivity contribution >= 4 is 5.96 Å². The van der Waals surface area contributed by atoms with E-state index in [1.165, 1.54) is 44.8 Å². The first-order valence-corrected chi connectivity index (χ1v) is 9.12. The largest absolute Gasteiger partial charge is 0.356 e. The average Bonchev–Trinajstić information content (AvgIpc) is 2.60. The maximum atomic E-state index is 13.6. The number of nitrogens with zero attached hydrogens (tertiary/aromatic N) is 2. The van der Waals surface area contributed by atoms with Crippen molar-refractivity contribution in [2.45, 2.75) is 51.6 Å². The summed E-state index contributed by atoms with van der Waals surface area (Å²) in [4.78, 5) is 6.80. The van der Waals surface area contributed by atoms with Crippen molar-refractivity contribution in [1.82, 2.24) is 15.5 Å². The van der Waals surface area contributed by atoms with E-state index >= 15 is 0 Å². The van der Waals surface area contributed by atoms with Crippen molar-refractivity contribution < 1.29 is 4.39 Å². The van der Waals surface area contributed by atoms with Gasteiger partial charge in [0, 0.05) is 31.7 Å². The Morgan fingerprint density at radius 1 is 1.25 bits per heavy atom. The Bertz CT molecular complexity index is 518. The number of guanidine groups is 1. The summed E-state index contributed by atoms with van der Waals surface area (Å²) < 4.78 is 13.6. The molecular weight excluding hydrogens is 303 g/mol. The first kappa shape index (κ1) is 18.7. The summed E-state index contributed by atoms with van der Waals surface area (Å²) in [5, 5.41) is 6.47. The molecule has 1 aromatic carbocycles. The molecule has 1 heterocycles. The molecule has 0 amide bonds. The van der Waals surface area contributed by atoms with Gasteiger partial charge >= 0.3 is 0 Å². The number of halogens is 1. The predicted octanol–water partition coefficient (Wildman–Crippen LogP) is 3.15. The molecule has 0 aromatic heterocycles. The van der Waals surface area contributed by atoms with Crippen LogP contribution in [0, 0.1) is 5.82 Å². The number of likely N-dealkylation sites (tertiary alicyclic amines) is 1. The molecule has 5 heteroatoms. The fourth-order valence-electron chi connectivity index (χ4n) is 3.18. The van der Waals surface area contributed by atoms with E-state index in [2.05, 4.69) is 27.4 Å². The van der Waals surface area contributed by atoms with Crippen LogP contribution in [-0.2, 0) is 6.54 Å². The molecule has 0 aliphatic carbocycles. The zero-order valence-corrected chi connectivity index (χ0v) is 15.0. The van der Waals surface area contributed by atoms with Crippen LogP contribution in [0.25, 0.3) is 0 Å². The highest BCUT2D eigenvalue weighted by molar-refractivity contribution is 5.79. The summed E-state index contributed by atoms with van der Waals surface area (Å²) >= 11 is 0. The number of hydrogen-bond acceptors (Lipinski definition) is 2. The number of piperidine rings is 1. The number of nitrogens with one attached hydrogen (secondary N) is 2. The third-order valence-electron chi connectivity index (χ3n) is 4.73. The highest BCUT2D eigenvalue weighted by Crippen LogP contribution is 2.16. The third-order valence-corrected chi connectivity index (χ3v) is 4.73. The fourth-order valence-corrected chi connectivity index (χ4v) is 3.18. The summed E-state index contributed by atoms with van der Waals surface area (Å²) in [7, 11) is 1.74. The molecule has 0 radical (unpaired) electrons. The van der Waals surface area contributed by atoms with Crippen LogP contribution >= 0.6 is 0 Å². The SMILES string of the molecule is CN=C(NCCCCN1CCCCC1C)NCc1ccccc1F. The molecule has 1 saturated heterocycles. The van der Waals surface area contributed by atoms with Crippen LogP contribution in [0.3, 0.4) is 0 Å². The van der Waals surface area contributed by atoms with Crippen LogP contribution in [0.5, 0.6) is 0 Å². The van der Waals surface area contributed by atoms with E-state index in [0.717, 1.165) is 25.0 Å². The van der Waals surface area contributed by atoms with Gasteiger partial charge in [0.2, 0.25) is 0 Å². The van der Waals surface area contributed by atoms with Crippen LogP contribution < -0.4 is 10.6 Å². The van der Waals surface area contributed by atoms with Crippen LogP contribution in [0.2, 0.25) is 0 Å². The van der Waals surface area contributed by atoms with Gasteiger partial charge in [-0.25, -0.2) is 4.39 Å². The molecule has 0 saturated carbocycles. The van der Waals surface area contributed by atoms with E-state index < -0.39 is 0 Å². The van der Waals surface area contributed by atoms with Gasteiger partial charge in [-0.2, -0.15) is 0 Å². The van der Waals surface area contributed by atoms with Crippen molar-refractivity contribution in [3.8, 4) is 0 Å². The molecule has 1 unspecified atom stereocenters. The van der Waals surface area contributed by atoms with E-state index in [-0.39, 0.29) is 5.82 Å². The topological polar surface area (TPSA) is 39.7 Å². The molecule has 1 fully saturated rings. The van der Waals surface area contributed by atoms with Crippen molar-refractivity contribution in [2.75, 3.05) is 26.7 Å². The molecule has 4 nitrogen and oxygen atoms in total. The minimum absolute atomic E-state index is 0.184. The molecule has 1 atom stereocenters. The third kappa shape index (κ3) is 6.11. The molecule has 0 spiro atoms. The Morgan fingerprint density at radius 2 is 2.08 bits per heavy atom. The lowest BCUT2D eigenvalue weighted by atomic mass is 10.0. The quantitative estimate of drug-likeness (QED) is 0.457. The zero-order chi connectivity index (χ0) is 17.2. The number of aliphatic imine (C=N–C) groups is 1. The molecule has 2 rings (SSSR count). The van der Waals surface area contributed by atoms with E-state index in [4.69, 9.17) is 0 Å².